The van der Waals surface area contributed by atoms with Crippen molar-refractivity contribution in [1.29, 1.82) is 0 Å². The number of carbonyl (C=O) groups is 1. The number of aromatic nitrogens is 2. The smallest absolute Gasteiger partial charge is 0.230 e. The number of nitrogens with one attached hydrogen (secondary N) is 1. The van der Waals surface area contributed by atoms with Gasteiger partial charge in [0.2, 0.25) is 11.9 Å². The quantitative estimate of drug-likeness (QED) is 0.802. The molecule has 0 bridgehead atoms. The maximum atomic E-state index is 11.7. The number of nitrogens with zero attached hydrogens (tertiary/aromatic N) is 2. The number of rotatable bonds is 3. The molecule has 15 heavy (non-hydrogen) atoms. The van der Waals surface area contributed by atoms with Gasteiger partial charge in [0.05, 0.1) is 0 Å². The van der Waals surface area contributed by atoms with Crippen LogP contribution >= 0.6 is 11.6 Å². The van der Waals surface area contributed by atoms with Crippen molar-refractivity contribution in [1.82, 2.24) is 9.97 Å². The molecule has 5 heteroatoms. The molecule has 1 aliphatic carbocycles. The monoisotopic (exact) mass is 225 g/mol. The second-order valence-corrected chi connectivity index (χ2v) is 4.21. The normalized spacial score (nSPS) is 17.2. The molecular weight excluding hydrogens is 214 g/mol. The average Bonchev–Trinajstić information content (AvgIpc) is 2.99. The van der Waals surface area contributed by atoms with Gasteiger partial charge in [-0.15, -0.1) is 0 Å². The summed E-state index contributed by atoms with van der Waals surface area (Å²) in [4.78, 5) is 19.5. The van der Waals surface area contributed by atoms with E-state index >= 15 is 0 Å². The SMILES string of the molecule is CC(C(=O)Nc1nccc(Cl)n1)C1CC1. The second kappa shape index (κ2) is 4.14. The van der Waals surface area contributed by atoms with Gasteiger partial charge in [-0.2, -0.15) is 0 Å². The van der Waals surface area contributed by atoms with Crippen LogP contribution in [0.3, 0.4) is 0 Å². The molecule has 1 N–H and O–H groups in total. The van der Waals surface area contributed by atoms with Gasteiger partial charge in [-0.1, -0.05) is 18.5 Å². The molecule has 4 nitrogen and oxygen atoms in total. The number of halogens is 1. The van der Waals surface area contributed by atoms with Crippen LogP contribution in [0.5, 0.6) is 0 Å². The molecule has 80 valence electrons. The van der Waals surface area contributed by atoms with Crippen molar-refractivity contribution < 1.29 is 4.79 Å². The Morgan fingerprint density at radius 3 is 3.00 bits per heavy atom. The first kappa shape index (κ1) is 10.4. The summed E-state index contributed by atoms with van der Waals surface area (Å²) >= 11 is 5.68. The summed E-state index contributed by atoms with van der Waals surface area (Å²) in [6, 6.07) is 1.57. The third-order valence-electron chi connectivity index (χ3n) is 2.60. The first-order valence-electron chi connectivity index (χ1n) is 4.96. The maximum Gasteiger partial charge on any atom is 0.230 e. The van der Waals surface area contributed by atoms with Crippen LogP contribution in [0, 0.1) is 11.8 Å². The Labute approximate surface area is 93.1 Å². The molecule has 2 rings (SSSR count). The molecule has 0 spiro atoms. The van der Waals surface area contributed by atoms with E-state index in [2.05, 4.69) is 15.3 Å². The number of hydrogen-bond donors (Lipinski definition) is 1. The summed E-state index contributed by atoms with van der Waals surface area (Å²) < 4.78 is 0. The van der Waals surface area contributed by atoms with Gasteiger partial charge in [-0.25, -0.2) is 9.97 Å². The van der Waals surface area contributed by atoms with Crippen molar-refractivity contribution in [2.45, 2.75) is 19.8 Å². The number of carbonyl (C=O) groups excluding carboxylic acids is 1. The van der Waals surface area contributed by atoms with Crippen LogP contribution < -0.4 is 5.32 Å². The van der Waals surface area contributed by atoms with E-state index in [0.29, 0.717) is 11.1 Å². The summed E-state index contributed by atoms with van der Waals surface area (Å²) in [6.45, 7) is 1.93. The third-order valence-corrected chi connectivity index (χ3v) is 2.81. The Morgan fingerprint density at radius 1 is 1.67 bits per heavy atom. The summed E-state index contributed by atoms with van der Waals surface area (Å²) in [6.07, 6.45) is 3.81. The third kappa shape index (κ3) is 2.65. The maximum absolute atomic E-state index is 11.7. The predicted molar refractivity (Wildman–Crippen MR) is 57.6 cm³/mol. The van der Waals surface area contributed by atoms with Crippen molar-refractivity contribution in [3.63, 3.8) is 0 Å². The van der Waals surface area contributed by atoms with E-state index in [4.69, 9.17) is 11.6 Å². The number of amides is 1. The molecule has 1 aromatic rings. The van der Waals surface area contributed by atoms with E-state index in [0.717, 1.165) is 12.8 Å². The van der Waals surface area contributed by atoms with Gasteiger partial charge in [0.25, 0.3) is 0 Å². The van der Waals surface area contributed by atoms with Crippen molar-refractivity contribution in [3.8, 4) is 0 Å². The summed E-state index contributed by atoms with van der Waals surface area (Å²) in [5.74, 6) is 0.816. The fraction of sp³-hybridized carbons (Fsp3) is 0.500. The lowest BCUT2D eigenvalue weighted by Crippen LogP contribution is -2.22. The van der Waals surface area contributed by atoms with E-state index in [1.165, 1.54) is 6.20 Å². The van der Waals surface area contributed by atoms with Crippen molar-refractivity contribution in [2.24, 2.45) is 11.8 Å². The van der Waals surface area contributed by atoms with E-state index in [9.17, 15) is 4.79 Å². The fourth-order valence-electron chi connectivity index (χ4n) is 1.43. The Bertz CT molecular complexity index is 379. The minimum Gasteiger partial charge on any atom is -0.294 e. The molecule has 1 heterocycles. The molecule has 1 aliphatic rings. The molecule has 0 radical (unpaired) electrons. The molecular formula is C10H12ClN3O. The molecule has 1 amide bonds. The van der Waals surface area contributed by atoms with Crippen LogP contribution in [0.15, 0.2) is 12.3 Å². The highest BCUT2D eigenvalue weighted by atomic mass is 35.5. The summed E-state index contributed by atoms with van der Waals surface area (Å²) in [5, 5.41) is 2.99. The first-order chi connectivity index (χ1) is 7.16. The van der Waals surface area contributed by atoms with Gasteiger partial charge in [0.15, 0.2) is 0 Å². The number of hydrogen-bond acceptors (Lipinski definition) is 3. The lowest BCUT2D eigenvalue weighted by atomic mass is 10.1. The molecule has 0 aliphatic heterocycles. The van der Waals surface area contributed by atoms with E-state index in [1.807, 2.05) is 6.92 Å². The predicted octanol–water partition coefficient (Wildman–Crippen LogP) is 2.11. The molecule has 1 unspecified atom stereocenters. The largest absolute Gasteiger partial charge is 0.294 e. The highest BCUT2D eigenvalue weighted by Gasteiger charge is 2.32. The zero-order valence-corrected chi connectivity index (χ0v) is 9.16. The molecule has 1 saturated carbocycles. The molecule has 1 fully saturated rings. The van der Waals surface area contributed by atoms with Crippen LogP contribution in [-0.2, 0) is 4.79 Å². The Kier molecular flexibility index (Phi) is 2.86. The van der Waals surface area contributed by atoms with Crippen molar-refractivity contribution >= 4 is 23.5 Å². The fourth-order valence-corrected chi connectivity index (χ4v) is 1.57. The van der Waals surface area contributed by atoms with Crippen LogP contribution in [0.25, 0.3) is 0 Å². The van der Waals surface area contributed by atoms with Crippen molar-refractivity contribution in [2.75, 3.05) is 5.32 Å². The zero-order chi connectivity index (χ0) is 10.8. The molecule has 0 saturated heterocycles. The Morgan fingerprint density at radius 2 is 2.40 bits per heavy atom. The molecule has 1 atom stereocenters. The zero-order valence-electron chi connectivity index (χ0n) is 8.40. The molecule has 1 aromatic heterocycles. The molecule has 0 aromatic carbocycles. The van der Waals surface area contributed by atoms with Crippen LogP contribution in [0.2, 0.25) is 5.15 Å². The standard InChI is InChI=1S/C10H12ClN3O/c1-6(7-2-3-7)9(15)14-10-12-5-4-8(11)13-10/h4-7H,2-3H2,1H3,(H,12,13,14,15). The van der Waals surface area contributed by atoms with Gasteiger partial charge in [-0.3, -0.25) is 10.1 Å². The minimum absolute atomic E-state index is 0.0280. The van der Waals surface area contributed by atoms with Crippen molar-refractivity contribution in [3.05, 3.63) is 17.4 Å². The van der Waals surface area contributed by atoms with Crippen LogP contribution in [-0.4, -0.2) is 15.9 Å². The van der Waals surface area contributed by atoms with E-state index < -0.39 is 0 Å². The summed E-state index contributed by atoms with van der Waals surface area (Å²) in [7, 11) is 0. The van der Waals surface area contributed by atoms with E-state index in [1.54, 1.807) is 6.07 Å². The lowest BCUT2D eigenvalue weighted by Gasteiger charge is -2.09. The Balaban J connectivity index is 1.98. The lowest BCUT2D eigenvalue weighted by molar-refractivity contribution is -0.120. The number of anilines is 1. The van der Waals surface area contributed by atoms with Crippen LogP contribution in [0.4, 0.5) is 5.95 Å². The van der Waals surface area contributed by atoms with Gasteiger partial charge in [-0.05, 0) is 24.8 Å². The van der Waals surface area contributed by atoms with E-state index in [-0.39, 0.29) is 17.8 Å². The topological polar surface area (TPSA) is 54.9 Å². The Hall–Kier alpha value is -1.16. The highest BCUT2D eigenvalue weighted by molar-refractivity contribution is 6.29. The highest BCUT2D eigenvalue weighted by Crippen LogP contribution is 2.36. The van der Waals surface area contributed by atoms with Crippen LogP contribution in [0.1, 0.15) is 19.8 Å². The minimum atomic E-state index is -0.0280. The first-order valence-corrected chi connectivity index (χ1v) is 5.34. The van der Waals surface area contributed by atoms with Gasteiger partial charge in [0.1, 0.15) is 5.15 Å². The van der Waals surface area contributed by atoms with Gasteiger partial charge < -0.3 is 0 Å². The average molecular weight is 226 g/mol. The second-order valence-electron chi connectivity index (χ2n) is 3.82. The van der Waals surface area contributed by atoms with Gasteiger partial charge >= 0.3 is 0 Å². The summed E-state index contributed by atoms with van der Waals surface area (Å²) in [5.41, 5.74) is 0. The van der Waals surface area contributed by atoms with Gasteiger partial charge in [0, 0.05) is 12.1 Å².